The summed E-state index contributed by atoms with van der Waals surface area (Å²) in [7, 11) is 1.71. The monoisotopic (exact) mass is 262 g/mol. The first-order valence-corrected chi connectivity index (χ1v) is 6.27. The summed E-state index contributed by atoms with van der Waals surface area (Å²) in [6.07, 6.45) is 4.20. The average Bonchev–Trinajstić information content (AvgIpc) is 2.29. The molecule has 0 spiro atoms. The van der Waals surface area contributed by atoms with Gasteiger partial charge in [0.25, 0.3) is 0 Å². The van der Waals surface area contributed by atoms with E-state index in [2.05, 4.69) is 5.32 Å². The van der Waals surface area contributed by atoms with Crippen LogP contribution in [0.4, 0.5) is 0 Å². The third kappa shape index (κ3) is 3.12. The molecule has 2 aliphatic rings. The molecule has 5 heteroatoms. The van der Waals surface area contributed by atoms with Gasteiger partial charge in [-0.25, -0.2) is 0 Å². The van der Waals surface area contributed by atoms with Gasteiger partial charge in [0.15, 0.2) is 0 Å². The van der Waals surface area contributed by atoms with Gasteiger partial charge in [-0.3, -0.25) is 4.79 Å². The van der Waals surface area contributed by atoms with Gasteiger partial charge in [-0.15, -0.1) is 12.4 Å². The van der Waals surface area contributed by atoms with E-state index in [1.54, 1.807) is 7.11 Å². The van der Waals surface area contributed by atoms with Crippen LogP contribution in [0.1, 0.15) is 25.7 Å². The number of rotatable bonds is 4. The quantitative estimate of drug-likeness (QED) is 0.823. The second-order valence-electron chi connectivity index (χ2n) is 4.92. The van der Waals surface area contributed by atoms with Gasteiger partial charge in [-0.05, 0) is 19.3 Å². The fraction of sp³-hybridized carbons (Fsp3) is 0.917. The standard InChI is InChI=1S/C12H22N2O2.ClH/c1-16-10-5-12(3-2-4-12)11(15)14-8-6-13-7-9-14;/h13H,2-10H2,1H3;1H. The first-order chi connectivity index (χ1) is 7.78. The number of carbonyl (C=O) groups is 1. The van der Waals surface area contributed by atoms with Gasteiger partial charge in [0, 0.05) is 39.9 Å². The zero-order valence-electron chi connectivity index (χ0n) is 10.5. The van der Waals surface area contributed by atoms with Crippen molar-refractivity contribution < 1.29 is 9.53 Å². The smallest absolute Gasteiger partial charge is 0.228 e. The van der Waals surface area contributed by atoms with Crippen molar-refractivity contribution in [3.8, 4) is 0 Å². The van der Waals surface area contributed by atoms with Crippen LogP contribution in [0.25, 0.3) is 0 Å². The largest absolute Gasteiger partial charge is 0.385 e. The molecule has 0 unspecified atom stereocenters. The Morgan fingerprint density at radius 2 is 2.00 bits per heavy atom. The van der Waals surface area contributed by atoms with Crippen LogP contribution in [-0.4, -0.2) is 50.7 Å². The molecule has 0 aromatic rings. The summed E-state index contributed by atoms with van der Waals surface area (Å²) in [5.41, 5.74) is -0.0760. The maximum Gasteiger partial charge on any atom is 0.228 e. The third-order valence-electron chi connectivity index (χ3n) is 3.95. The molecular formula is C12H23ClN2O2. The second-order valence-corrected chi connectivity index (χ2v) is 4.92. The number of halogens is 1. The fourth-order valence-electron chi connectivity index (χ4n) is 2.68. The predicted molar refractivity (Wildman–Crippen MR) is 69.5 cm³/mol. The predicted octanol–water partition coefficient (Wildman–Crippen LogP) is 1.05. The van der Waals surface area contributed by atoms with Crippen LogP contribution in [0.2, 0.25) is 0 Å². The summed E-state index contributed by atoms with van der Waals surface area (Å²) in [5, 5.41) is 3.28. The molecule has 0 radical (unpaired) electrons. The van der Waals surface area contributed by atoms with E-state index < -0.39 is 0 Å². The van der Waals surface area contributed by atoms with Crippen LogP contribution in [0, 0.1) is 5.41 Å². The molecule has 17 heavy (non-hydrogen) atoms. The van der Waals surface area contributed by atoms with Crippen molar-refractivity contribution in [1.29, 1.82) is 0 Å². The van der Waals surface area contributed by atoms with Crippen molar-refractivity contribution in [2.75, 3.05) is 39.9 Å². The molecule has 0 bridgehead atoms. The minimum atomic E-state index is -0.0760. The Morgan fingerprint density at radius 1 is 1.35 bits per heavy atom. The summed E-state index contributed by atoms with van der Waals surface area (Å²) < 4.78 is 5.13. The number of methoxy groups -OCH3 is 1. The highest BCUT2D eigenvalue weighted by molar-refractivity contribution is 5.85. The van der Waals surface area contributed by atoms with E-state index in [9.17, 15) is 4.79 Å². The molecule has 2 fully saturated rings. The van der Waals surface area contributed by atoms with E-state index in [1.807, 2.05) is 4.90 Å². The van der Waals surface area contributed by atoms with Crippen molar-refractivity contribution in [2.24, 2.45) is 5.41 Å². The molecule has 1 amide bonds. The Balaban J connectivity index is 0.00000144. The number of carbonyl (C=O) groups excluding carboxylic acids is 1. The number of nitrogens with one attached hydrogen (secondary N) is 1. The van der Waals surface area contributed by atoms with Crippen molar-refractivity contribution in [2.45, 2.75) is 25.7 Å². The van der Waals surface area contributed by atoms with E-state index in [1.165, 1.54) is 6.42 Å². The van der Waals surface area contributed by atoms with E-state index in [0.29, 0.717) is 12.5 Å². The van der Waals surface area contributed by atoms with Gasteiger partial charge < -0.3 is 15.0 Å². The van der Waals surface area contributed by atoms with E-state index >= 15 is 0 Å². The number of hydrogen-bond acceptors (Lipinski definition) is 3. The van der Waals surface area contributed by atoms with Gasteiger partial charge in [-0.1, -0.05) is 6.42 Å². The number of ether oxygens (including phenoxy) is 1. The fourth-order valence-corrected chi connectivity index (χ4v) is 2.68. The topological polar surface area (TPSA) is 41.6 Å². The maximum atomic E-state index is 12.5. The third-order valence-corrected chi connectivity index (χ3v) is 3.95. The Hall–Kier alpha value is -0.320. The second kappa shape index (κ2) is 6.57. The molecular weight excluding hydrogens is 240 g/mol. The Bertz CT molecular complexity index is 251. The van der Waals surface area contributed by atoms with Crippen LogP contribution in [0.15, 0.2) is 0 Å². The normalized spacial score (nSPS) is 22.5. The van der Waals surface area contributed by atoms with Crippen LogP contribution < -0.4 is 5.32 Å². The Kier molecular flexibility index (Phi) is 5.70. The zero-order valence-corrected chi connectivity index (χ0v) is 11.4. The molecule has 1 heterocycles. The lowest BCUT2D eigenvalue weighted by Gasteiger charge is -2.44. The average molecular weight is 263 g/mol. The first-order valence-electron chi connectivity index (χ1n) is 6.27. The summed E-state index contributed by atoms with van der Waals surface area (Å²) in [4.78, 5) is 14.5. The van der Waals surface area contributed by atoms with Crippen molar-refractivity contribution in [3.05, 3.63) is 0 Å². The van der Waals surface area contributed by atoms with Gasteiger partial charge >= 0.3 is 0 Å². The van der Waals surface area contributed by atoms with E-state index in [0.717, 1.165) is 45.4 Å². The van der Waals surface area contributed by atoms with Gasteiger partial charge in [0.05, 0.1) is 5.41 Å². The molecule has 1 saturated carbocycles. The molecule has 1 saturated heterocycles. The zero-order chi connectivity index (χ0) is 11.4. The molecule has 1 N–H and O–H groups in total. The molecule has 1 aliphatic carbocycles. The van der Waals surface area contributed by atoms with E-state index in [4.69, 9.17) is 4.74 Å². The lowest BCUT2D eigenvalue weighted by atomic mass is 9.65. The number of nitrogens with zero attached hydrogens (tertiary/aromatic N) is 1. The van der Waals surface area contributed by atoms with E-state index in [-0.39, 0.29) is 17.8 Å². The highest BCUT2D eigenvalue weighted by Gasteiger charge is 2.45. The Labute approximate surface area is 109 Å². The van der Waals surface area contributed by atoms with Crippen LogP contribution in [0.3, 0.4) is 0 Å². The van der Waals surface area contributed by atoms with Gasteiger partial charge in [0.2, 0.25) is 5.91 Å². The Morgan fingerprint density at radius 3 is 2.47 bits per heavy atom. The molecule has 2 rings (SSSR count). The van der Waals surface area contributed by atoms with Gasteiger partial charge in [0.1, 0.15) is 0 Å². The van der Waals surface area contributed by atoms with Crippen molar-refractivity contribution in [1.82, 2.24) is 10.2 Å². The molecule has 100 valence electrons. The van der Waals surface area contributed by atoms with Crippen LogP contribution in [0.5, 0.6) is 0 Å². The lowest BCUT2D eigenvalue weighted by Crippen LogP contribution is -2.54. The van der Waals surface area contributed by atoms with Crippen molar-refractivity contribution >= 4 is 18.3 Å². The summed E-state index contributed by atoms with van der Waals surface area (Å²) in [6.45, 7) is 4.32. The molecule has 0 aromatic heterocycles. The number of amides is 1. The summed E-state index contributed by atoms with van der Waals surface area (Å²) in [5.74, 6) is 0.373. The molecule has 4 nitrogen and oxygen atoms in total. The molecule has 0 atom stereocenters. The highest BCUT2D eigenvalue weighted by atomic mass is 35.5. The first kappa shape index (κ1) is 14.7. The highest BCUT2D eigenvalue weighted by Crippen LogP contribution is 2.45. The maximum absolute atomic E-state index is 12.5. The van der Waals surface area contributed by atoms with Crippen LogP contribution >= 0.6 is 12.4 Å². The number of hydrogen-bond donors (Lipinski definition) is 1. The number of piperazine rings is 1. The summed E-state index contributed by atoms with van der Waals surface area (Å²) >= 11 is 0. The molecule has 1 aliphatic heterocycles. The minimum Gasteiger partial charge on any atom is -0.385 e. The van der Waals surface area contributed by atoms with Crippen LogP contribution in [-0.2, 0) is 9.53 Å². The summed E-state index contributed by atoms with van der Waals surface area (Å²) in [6, 6.07) is 0. The molecule has 0 aromatic carbocycles. The van der Waals surface area contributed by atoms with Crippen molar-refractivity contribution in [3.63, 3.8) is 0 Å². The lowest BCUT2D eigenvalue weighted by molar-refractivity contribution is -0.149. The minimum absolute atomic E-state index is 0. The van der Waals surface area contributed by atoms with Gasteiger partial charge in [-0.2, -0.15) is 0 Å². The SMILES string of the molecule is COCCC1(C(=O)N2CCNCC2)CCC1.Cl.